The van der Waals surface area contributed by atoms with Gasteiger partial charge in [0.2, 0.25) is 5.91 Å². The molecule has 0 aliphatic heterocycles. The highest BCUT2D eigenvalue weighted by atomic mass is 79.9. The summed E-state index contributed by atoms with van der Waals surface area (Å²) in [6.07, 6.45) is 0.863. The molecule has 0 heterocycles. The molecule has 0 aliphatic carbocycles. The number of nitrogens with one attached hydrogen (secondary N) is 1. The van der Waals surface area contributed by atoms with Gasteiger partial charge in [0.15, 0.2) is 0 Å². The summed E-state index contributed by atoms with van der Waals surface area (Å²) in [6.45, 7) is 5.08. The number of carbonyl (C=O) groups excluding carboxylic acids is 2. The highest BCUT2D eigenvalue weighted by Gasteiger charge is 2.15. The van der Waals surface area contributed by atoms with E-state index in [1.807, 2.05) is 31.2 Å². The van der Waals surface area contributed by atoms with Crippen LogP contribution in [0.4, 0.5) is 5.69 Å². The number of anilines is 1. The number of esters is 1. The fourth-order valence-corrected chi connectivity index (χ4v) is 2.26. The highest BCUT2D eigenvalue weighted by Crippen LogP contribution is 2.20. The number of hydrogen-bond donors (Lipinski definition) is 1. The third-order valence-electron chi connectivity index (χ3n) is 2.71. The minimum Gasteiger partial charge on any atom is -0.465 e. The van der Waals surface area contributed by atoms with Crippen LogP contribution in [-0.4, -0.2) is 43.0 Å². The van der Waals surface area contributed by atoms with E-state index in [0.717, 1.165) is 16.6 Å². The van der Waals surface area contributed by atoms with E-state index in [1.165, 1.54) is 0 Å². The van der Waals surface area contributed by atoms with Gasteiger partial charge in [0.1, 0.15) is 0 Å². The van der Waals surface area contributed by atoms with Crippen molar-refractivity contribution in [1.82, 2.24) is 4.90 Å². The number of amides is 1. The van der Waals surface area contributed by atoms with Crippen molar-refractivity contribution in [3.8, 4) is 0 Å². The molecule has 116 valence electrons. The molecule has 0 aliphatic rings. The fourth-order valence-electron chi connectivity index (χ4n) is 1.87. The third kappa shape index (κ3) is 6.73. The van der Waals surface area contributed by atoms with Crippen LogP contribution in [0.25, 0.3) is 0 Å². The summed E-state index contributed by atoms with van der Waals surface area (Å²) in [5.41, 5.74) is 0.718. The van der Waals surface area contributed by atoms with Gasteiger partial charge in [-0.05, 0) is 48.0 Å². The summed E-state index contributed by atoms with van der Waals surface area (Å²) in [7, 11) is 0. The van der Waals surface area contributed by atoms with Crippen LogP contribution in [0, 0.1) is 0 Å². The molecular formula is C15H21BrN2O3. The minimum absolute atomic E-state index is 0.130. The lowest BCUT2D eigenvalue weighted by Crippen LogP contribution is -2.38. The van der Waals surface area contributed by atoms with Gasteiger partial charge >= 0.3 is 5.97 Å². The molecule has 0 atom stereocenters. The Morgan fingerprint density at radius 1 is 1.24 bits per heavy atom. The van der Waals surface area contributed by atoms with Crippen molar-refractivity contribution in [3.63, 3.8) is 0 Å². The van der Waals surface area contributed by atoms with Crippen LogP contribution in [0.3, 0.4) is 0 Å². The quantitative estimate of drug-likeness (QED) is 0.727. The van der Waals surface area contributed by atoms with E-state index in [2.05, 4.69) is 21.2 Å². The maximum atomic E-state index is 12.1. The van der Waals surface area contributed by atoms with E-state index in [0.29, 0.717) is 13.2 Å². The second-order valence-electron chi connectivity index (χ2n) is 4.54. The molecule has 0 fully saturated rings. The molecule has 5 nitrogen and oxygen atoms in total. The van der Waals surface area contributed by atoms with Crippen LogP contribution in [0.15, 0.2) is 28.7 Å². The number of rotatable bonds is 8. The zero-order chi connectivity index (χ0) is 15.7. The number of carbonyl (C=O) groups is 2. The van der Waals surface area contributed by atoms with Crippen molar-refractivity contribution in [2.24, 2.45) is 0 Å². The number of halogens is 1. The zero-order valence-electron chi connectivity index (χ0n) is 12.4. The molecule has 0 spiro atoms. The highest BCUT2D eigenvalue weighted by molar-refractivity contribution is 9.10. The summed E-state index contributed by atoms with van der Waals surface area (Å²) in [5, 5.41) is 2.82. The summed E-state index contributed by atoms with van der Waals surface area (Å²) < 4.78 is 5.74. The Bertz CT molecular complexity index is 480. The molecule has 21 heavy (non-hydrogen) atoms. The topological polar surface area (TPSA) is 58.6 Å². The van der Waals surface area contributed by atoms with E-state index in [4.69, 9.17) is 4.74 Å². The molecule has 1 N–H and O–H groups in total. The Morgan fingerprint density at radius 3 is 2.57 bits per heavy atom. The first-order valence-corrected chi connectivity index (χ1v) is 7.78. The minimum atomic E-state index is -0.306. The predicted octanol–water partition coefficient (Wildman–Crippen LogP) is 2.66. The van der Waals surface area contributed by atoms with Crippen LogP contribution < -0.4 is 5.32 Å². The number of hydrogen-bond acceptors (Lipinski definition) is 4. The standard InChI is InChI=1S/C15H21BrN2O3/c1-3-9-18(11-15(20)21-4-2)10-14(19)17-13-8-6-5-7-12(13)16/h5-8H,3-4,9-11H2,1-2H3,(H,17,19). The SMILES string of the molecule is CCCN(CC(=O)Nc1ccccc1Br)CC(=O)OCC. The maximum Gasteiger partial charge on any atom is 0.320 e. The van der Waals surface area contributed by atoms with Crippen molar-refractivity contribution in [2.75, 3.05) is 31.6 Å². The summed E-state index contributed by atoms with van der Waals surface area (Å²) in [4.78, 5) is 25.4. The molecule has 1 rings (SSSR count). The van der Waals surface area contributed by atoms with Gasteiger partial charge in [-0.3, -0.25) is 14.5 Å². The van der Waals surface area contributed by atoms with E-state index in [-0.39, 0.29) is 25.0 Å². The van der Waals surface area contributed by atoms with E-state index in [1.54, 1.807) is 11.8 Å². The summed E-state index contributed by atoms with van der Waals surface area (Å²) in [6, 6.07) is 7.40. The second kappa shape index (κ2) is 9.52. The monoisotopic (exact) mass is 356 g/mol. The number of nitrogens with zero attached hydrogens (tertiary/aromatic N) is 1. The molecule has 0 radical (unpaired) electrons. The smallest absolute Gasteiger partial charge is 0.320 e. The summed E-state index contributed by atoms with van der Waals surface area (Å²) in [5.74, 6) is -0.459. The van der Waals surface area contributed by atoms with Gasteiger partial charge < -0.3 is 10.1 Å². The average Bonchev–Trinajstić information content (AvgIpc) is 2.41. The number of ether oxygens (including phenoxy) is 1. The molecule has 0 saturated heterocycles. The molecule has 1 aromatic rings. The molecule has 0 saturated carbocycles. The predicted molar refractivity (Wildman–Crippen MR) is 86.1 cm³/mol. The van der Waals surface area contributed by atoms with E-state index >= 15 is 0 Å². The Hall–Kier alpha value is -1.40. The van der Waals surface area contributed by atoms with Crippen LogP contribution >= 0.6 is 15.9 Å². The van der Waals surface area contributed by atoms with Crippen LogP contribution in [-0.2, 0) is 14.3 Å². The maximum absolute atomic E-state index is 12.1. The Kier molecular flexibility index (Phi) is 8.00. The molecule has 1 aromatic carbocycles. The van der Waals surface area contributed by atoms with Gasteiger partial charge in [0.25, 0.3) is 0 Å². The van der Waals surface area contributed by atoms with Crippen molar-refractivity contribution in [3.05, 3.63) is 28.7 Å². The largest absolute Gasteiger partial charge is 0.465 e. The van der Waals surface area contributed by atoms with Crippen molar-refractivity contribution >= 4 is 33.5 Å². The third-order valence-corrected chi connectivity index (χ3v) is 3.40. The average molecular weight is 357 g/mol. The second-order valence-corrected chi connectivity index (χ2v) is 5.40. The molecule has 0 bridgehead atoms. The van der Waals surface area contributed by atoms with Crippen LogP contribution in [0.1, 0.15) is 20.3 Å². The Morgan fingerprint density at radius 2 is 1.95 bits per heavy atom. The van der Waals surface area contributed by atoms with Crippen LogP contribution in [0.5, 0.6) is 0 Å². The van der Waals surface area contributed by atoms with Gasteiger partial charge in [-0.15, -0.1) is 0 Å². The zero-order valence-corrected chi connectivity index (χ0v) is 14.0. The lowest BCUT2D eigenvalue weighted by atomic mass is 10.3. The summed E-state index contributed by atoms with van der Waals surface area (Å²) >= 11 is 3.38. The molecule has 0 unspecified atom stereocenters. The molecule has 1 amide bonds. The van der Waals surface area contributed by atoms with Gasteiger partial charge in [0.05, 0.1) is 25.4 Å². The lowest BCUT2D eigenvalue weighted by molar-refractivity contribution is -0.144. The van der Waals surface area contributed by atoms with Gasteiger partial charge in [-0.2, -0.15) is 0 Å². The normalized spacial score (nSPS) is 10.5. The molecule has 0 aromatic heterocycles. The van der Waals surface area contributed by atoms with E-state index < -0.39 is 0 Å². The van der Waals surface area contributed by atoms with Gasteiger partial charge in [-0.1, -0.05) is 19.1 Å². The first-order chi connectivity index (χ1) is 10.1. The lowest BCUT2D eigenvalue weighted by Gasteiger charge is -2.20. The van der Waals surface area contributed by atoms with Crippen LogP contribution in [0.2, 0.25) is 0 Å². The van der Waals surface area contributed by atoms with Gasteiger partial charge in [-0.25, -0.2) is 0 Å². The molecule has 6 heteroatoms. The van der Waals surface area contributed by atoms with E-state index in [9.17, 15) is 9.59 Å². The Labute approximate surface area is 133 Å². The fraction of sp³-hybridized carbons (Fsp3) is 0.467. The van der Waals surface area contributed by atoms with Crippen molar-refractivity contribution < 1.29 is 14.3 Å². The first kappa shape index (κ1) is 17.7. The van der Waals surface area contributed by atoms with Crippen molar-refractivity contribution in [2.45, 2.75) is 20.3 Å². The Balaban J connectivity index is 2.56. The molecular weight excluding hydrogens is 336 g/mol. The van der Waals surface area contributed by atoms with Gasteiger partial charge in [0, 0.05) is 4.47 Å². The number of benzene rings is 1. The first-order valence-electron chi connectivity index (χ1n) is 6.99. The number of para-hydroxylation sites is 1. The van der Waals surface area contributed by atoms with Crippen molar-refractivity contribution in [1.29, 1.82) is 0 Å².